The van der Waals surface area contributed by atoms with Crippen LogP contribution in [0, 0.1) is 7.43 Å². The Hall–Kier alpha value is -0.702. The van der Waals surface area contributed by atoms with Gasteiger partial charge in [-0.05, 0) is 24.9 Å². The van der Waals surface area contributed by atoms with E-state index in [0.717, 1.165) is 43.7 Å². The summed E-state index contributed by atoms with van der Waals surface area (Å²) < 4.78 is 5.94. The van der Waals surface area contributed by atoms with Crippen molar-refractivity contribution in [2.75, 3.05) is 25.0 Å². The van der Waals surface area contributed by atoms with Crippen LogP contribution in [0.1, 0.15) is 39.2 Å². The van der Waals surface area contributed by atoms with Crippen LogP contribution in [0.5, 0.6) is 0 Å². The van der Waals surface area contributed by atoms with E-state index in [1.807, 2.05) is 38.1 Å². The van der Waals surface area contributed by atoms with Crippen LogP contribution < -0.4 is 5.32 Å². The summed E-state index contributed by atoms with van der Waals surface area (Å²) >= 11 is 0. The molecule has 4 nitrogen and oxygen atoms in total. The van der Waals surface area contributed by atoms with Crippen LogP contribution in [0.4, 0.5) is 5.69 Å². The molecule has 1 aliphatic heterocycles. The molecule has 0 aromatic heterocycles. The number of rotatable bonds is 6. The van der Waals surface area contributed by atoms with Gasteiger partial charge in [0.2, 0.25) is 0 Å². The fourth-order valence-corrected chi connectivity index (χ4v) is 2.35. The number of nitrogens with one attached hydrogen (secondary N) is 1. The first-order valence-electron chi connectivity index (χ1n) is 7.88. The number of anilines is 1. The Bertz CT molecular complexity index is 391. The molecule has 2 rings (SSSR count). The minimum Gasteiger partial charge on any atom is -0.490 e. The number of likely N-dealkylation sites (tertiary alicyclic amines) is 1. The maximum absolute atomic E-state index is 10.2. The van der Waals surface area contributed by atoms with Crippen molar-refractivity contribution in [1.29, 1.82) is 0 Å². The van der Waals surface area contributed by atoms with Gasteiger partial charge in [-0.1, -0.05) is 32.9 Å². The molecule has 1 fully saturated rings. The molecule has 0 spiro atoms. The second kappa shape index (κ2) is 14.9. The summed E-state index contributed by atoms with van der Waals surface area (Å²) in [5.74, 6) is 0. The van der Waals surface area contributed by atoms with Crippen LogP contribution in [0.25, 0.3) is 0 Å². The van der Waals surface area contributed by atoms with Crippen molar-refractivity contribution in [3.8, 4) is 0 Å². The average molecular weight is 490 g/mol. The van der Waals surface area contributed by atoms with E-state index in [0.29, 0.717) is 12.7 Å². The van der Waals surface area contributed by atoms with Gasteiger partial charge in [0.15, 0.2) is 0 Å². The zero-order valence-corrected chi connectivity index (χ0v) is 17.7. The van der Waals surface area contributed by atoms with Crippen molar-refractivity contribution >= 4 is 12.1 Å². The molecule has 0 saturated carbocycles. The topological polar surface area (TPSA) is 41.6 Å². The van der Waals surface area contributed by atoms with Crippen molar-refractivity contribution in [1.82, 2.24) is 4.90 Å². The molecule has 1 N–H and O–H groups in total. The standard InChI is InChI=1S/C15H21N2O2.C2H6.CH3.W/c1-2-17-9-7-15(8-10-17)19-11-13-3-5-14(6-4-13)16-12-18;1-2;;/h3-6,15H,2,7-11H2,1H3,(H,16,18);1-2H3;1H3;/q-1;;-1;+2. The first kappa shape index (κ1) is 24.5. The minimum absolute atomic E-state index is 0. The fourth-order valence-electron chi connectivity index (χ4n) is 2.35. The van der Waals surface area contributed by atoms with Gasteiger partial charge >= 0.3 is 21.1 Å². The van der Waals surface area contributed by atoms with E-state index in [4.69, 9.17) is 4.74 Å². The molecule has 0 atom stereocenters. The molecule has 1 amide bonds. The third kappa shape index (κ3) is 9.24. The zero-order chi connectivity index (χ0) is 15.5. The quantitative estimate of drug-likeness (QED) is 0.490. The molecule has 23 heavy (non-hydrogen) atoms. The zero-order valence-electron chi connectivity index (χ0n) is 14.8. The Morgan fingerprint density at radius 1 is 1.22 bits per heavy atom. The first-order valence-corrected chi connectivity index (χ1v) is 7.88. The van der Waals surface area contributed by atoms with E-state index in [1.54, 1.807) is 6.41 Å². The summed E-state index contributed by atoms with van der Waals surface area (Å²) in [4.78, 5) is 12.6. The Morgan fingerprint density at radius 2 is 1.78 bits per heavy atom. The molecule has 1 aromatic rings. The minimum atomic E-state index is 0. The third-order valence-corrected chi connectivity index (χ3v) is 3.62. The van der Waals surface area contributed by atoms with Crippen LogP contribution >= 0.6 is 0 Å². The number of carbonyl (C=O) groups excluding carboxylic acids is 1. The number of hydrogen-bond donors (Lipinski definition) is 1. The second-order valence-corrected chi connectivity index (χ2v) is 4.87. The van der Waals surface area contributed by atoms with Gasteiger partial charge in [0.05, 0.1) is 19.1 Å². The van der Waals surface area contributed by atoms with E-state index < -0.39 is 0 Å². The normalized spacial score (nSPS) is 14.6. The van der Waals surface area contributed by atoms with Crippen molar-refractivity contribution < 1.29 is 30.6 Å². The monoisotopic (exact) mass is 490 g/mol. The largest absolute Gasteiger partial charge is 2.00 e. The Balaban J connectivity index is 0. The molecule has 0 aliphatic carbocycles. The Kier molecular flexibility index (Phi) is 15.9. The smallest absolute Gasteiger partial charge is 0.490 e. The molecular formula is C18H30N2O2W. The van der Waals surface area contributed by atoms with Crippen molar-refractivity contribution in [3.05, 3.63) is 37.3 Å². The molecule has 5 heteroatoms. The van der Waals surface area contributed by atoms with Crippen molar-refractivity contribution in [3.63, 3.8) is 0 Å². The van der Waals surface area contributed by atoms with Gasteiger partial charge in [0.25, 0.3) is 0 Å². The van der Waals surface area contributed by atoms with Gasteiger partial charge in [-0.2, -0.15) is 0 Å². The molecule has 1 heterocycles. The van der Waals surface area contributed by atoms with Gasteiger partial charge in [-0.15, -0.1) is 17.8 Å². The van der Waals surface area contributed by atoms with E-state index in [2.05, 4.69) is 17.1 Å². The third-order valence-electron chi connectivity index (χ3n) is 3.62. The Morgan fingerprint density at radius 3 is 2.26 bits per heavy atom. The predicted molar refractivity (Wildman–Crippen MR) is 93.4 cm³/mol. The molecule has 0 radical (unpaired) electrons. The van der Waals surface area contributed by atoms with E-state index in [-0.39, 0.29) is 28.5 Å². The van der Waals surface area contributed by atoms with Crippen molar-refractivity contribution in [2.45, 2.75) is 46.3 Å². The van der Waals surface area contributed by atoms with E-state index in [1.165, 1.54) is 0 Å². The van der Waals surface area contributed by atoms with Gasteiger partial charge in [-0.3, -0.25) is 0 Å². The molecule has 0 unspecified atom stereocenters. The predicted octanol–water partition coefficient (Wildman–Crippen LogP) is 3.64. The molecule has 1 saturated heterocycles. The number of hydrogen-bond acceptors (Lipinski definition) is 3. The second-order valence-electron chi connectivity index (χ2n) is 4.87. The van der Waals surface area contributed by atoms with Crippen LogP contribution in [0.15, 0.2) is 24.3 Å². The van der Waals surface area contributed by atoms with Crippen LogP contribution in [-0.2, 0) is 37.2 Å². The maximum Gasteiger partial charge on any atom is 2.00 e. The van der Waals surface area contributed by atoms with E-state index >= 15 is 0 Å². The number of benzene rings is 1. The Labute approximate surface area is 156 Å². The van der Waals surface area contributed by atoms with Gasteiger partial charge in [0, 0.05) is 13.1 Å². The van der Waals surface area contributed by atoms with Gasteiger partial charge in [0.1, 0.15) is 0 Å². The molecule has 1 aliphatic rings. The summed E-state index contributed by atoms with van der Waals surface area (Å²) in [5.41, 5.74) is 1.89. The van der Waals surface area contributed by atoms with Crippen LogP contribution in [0.2, 0.25) is 0 Å². The first-order chi connectivity index (χ1) is 10.3. The van der Waals surface area contributed by atoms with Crippen LogP contribution in [0.3, 0.4) is 0 Å². The SMILES string of the molecule is CC.CCN1CCC(OCc2ccc(N[C-]=O)cc2)CC1.[CH3-].[W+2]. The summed E-state index contributed by atoms with van der Waals surface area (Å²) in [6, 6.07) is 7.67. The van der Waals surface area contributed by atoms with Crippen LogP contribution in [-0.4, -0.2) is 37.0 Å². The molecule has 130 valence electrons. The van der Waals surface area contributed by atoms with Gasteiger partial charge < -0.3 is 27.2 Å². The summed E-state index contributed by atoms with van der Waals surface area (Å²) in [6.07, 6.45) is 4.28. The number of piperidine rings is 1. The van der Waals surface area contributed by atoms with E-state index in [9.17, 15) is 4.79 Å². The van der Waals surface area contributed by atoms with Gasteiger partial charge in [-0.25, -0.2) is 0 Å². The molecule has 0 bridgehead atoms. The summed E-state index contributed by atoms with van der Waals surface area (Å²) in [6.45, 7) is 10.3. The molecular weight excluding hydrogens is 460 g/mol. The van der Waals surface area contributed by atoms with Crippen molar-refractivity contribution in [2.24, 2.45) is 0 Å². The summed E-state index contributed by atoms with van der Waals surface area (Å²) in [7, 11) is 0. The number of ether oxygens (including phenoxy) is 1. The summed E-state index contributed by atoms with van der Waals surface area (Å²) in [5, 5.41) is 2.50. The molecule has 1 aromatic carbocycles. The number of nitrogens with zero attached hydrogens (tertiary/aromatic N) is 1. The maximum atomic E-state index is 10.2. The fraction of sp³-hybridized carbons (Fsp3) is 0.556. The average Bonchev–Trinajstić information content (AvgIpc) is 2.57. The number of amides is 1.